The number of primary amides is 1. The van der Waals surface area contributed by atoms with Gasteiger partial charge < -0.3 is 16.0 Å². The van der Waals surface area contributed by atoms with Crippen molar-refractivity contribution in [2.75, 3.05) is 26.2 Å². The Kier molecular flexibility index (Phi) is 6.42. The third-order valence-electron chi connectivity index (χ3n) is 3.16. The largest absolute Gasteiger partial charge is 0.370 e. The summed E-state index contributed by atoms with van der Waals surface area (Å²) in [5.41, 5.74) is 5.11. The summed E-state index contributed by atoms with van der Waals surface area (Å²) in [6.07, 6.45) is 5.36. The molecule has 0 radical (unpaired) electrons. The van der Waals surface area contributed by atoms with E-state index in [1.54, 1.807) is 0 Å². The van der Waals surface area contributed by atoms with E-state index in [0.717, 1.165) is 6.54 Å². The number of nitrogens with one attached hydrogen (secondary N) is 1. The lowest BCUT2D eigenvalue weighted by molar-refractivity contribution is -0.117. The third kappa shape index (κ3) is 5.47. The molecule has 16 heavy (non-hydrogen) atoms. The molecule has 94 valence electrons. The van der Waals surface area contributed by atoms with Crippen LogP contribution in [0, 0.1) is 0 Å². The molecule has 1 atom stereocenters. The van der Waals surface area contributed by atoms with Gasteiger partial charge in [0.15, 0.2) is 0 Å². The summed E-state index contributed by atoms with van der Waals surface area (Å²) in [6, 6.07) is 0.571. The van der Waals surface area contributed by atoms with Gasteiger partial charge in [-0.25, -0.2) is 0 Å². The van der Waals surface area contributed by atoms with E-state index in [9.17, 15) is 4.79 Å². The van der Waals surface area contributed by atoms with Crippen molar-refractivity contribution in [3.05, 3.63) is 0 Å². The molecule has 4 heteroatoms. The Balaban J connectivity index is 2.17. The van der Waals surface area contributed by atoms with Crippen molar-refractivity contribution in [2.24, 2.45) is 5.73 Å². The molecule has 0 aromatic rings. The molecule has 1 heterocycles. The first-order valence-corrected chi connectivity index (χ1v) is 6.46. The van der Waals surface area contributed by atoms with Gasteiger partial charge in [0.1, 0.15) is 0 Å². The van der Waals surface area contributed by atoms with Crippen LogP contribution in [-0.4, -0.2) is 43.0 Å². The van der Waals surface area contributed by atoms with Gasteiger partial charge in [0, 0.05) is 19.0 Å². The number of rotatable bonds is 6. The maximum atomic E-state index is 10.6. The Hall–Kier alpha value is -0.610. The molecular formula is C12H25N3O. The van der Waals surface area contributed by atoms with Gasteiger partial charge in [-0.2, -0.15) is 0 Å². The quantitative estimate of drug-likeness (QED) is 0.703. The van der Waals surface area contributed by atoms with E-state index < -0.39 is 0 Å². The molecule has 1 amide bonds. The summed E-state index contributed by atoms with van der Waals surface area (Å²) in [6.45, 7) is 6.58. The smallest absolute Gasteiger partial charge is 0.218 e. The van der Waals surface area contributed by atoms with Crippen molar-refractivity contribution in [1.29, 1.82) is 0 Å². The lowest BCUT2D eigenvalue weighted by Gasteiger charge is -2.19. The second-order valence-corrected chi connectivity index (χ2v) is 4.64. The van der Waals surface area contributed by atoms with Crippen LogP contribution in [0.5, 0.6) is 0 Å². The monoisotopic (exact) mass is 227 g/mol. The minimum Gasteiger partial charge on any atom is -0.370 e. The molecule has 1 rings (SSSR count). The van der Waals surface area contributed by atoms with E-state index in [0.29, 0.717) is 12.5 Å². The van der Waals surface area contributed by atoms with Gasteiger partial charge in [-0.15, -0.1) is 0 Å². The number of hydrogen-bond acceptors (Lipinski definition) is 3. The number of hydrogen-bond donors (Lipinski definition) is 2. The molecule has 0 spiro atoms. The van der Waals surface area contributed by atoms with Gasteiger partial charge in [-0.05, 0) is 45.3 Å². The second kappa shape index (κ2) is 7.63. The van der Waals surface area contributed by atoms with E-state index in [1.165, 1.54) is 45.3 Å². The zero-order chi connectivity index (χ0) is 11.8. The number of nitrogens with two attached hydrogens (primary N) is 1. The SMILES string of the molecule is CCCN1CCCC(NCCC(N)=O)CC1. The molecule has 0 aliphatic carbocycles. The number of nitrogens with zero attached hydrogens (tertiary/aromatic N) is 1. The molecule has 0 bridgehead atoms. The molecule has 3 N–H and O–H groups in total. The lowest BCUT2D eigenvalue weighted by Crippen LogP contribution is -2.33. The van der Waals surface area contributed by atoms with E-state index in [-0.39, 0.29) is 5.91 Å². The maximum Gasteiger partial charge on any atom is 0.218 e. The fraction of sp³-hybridized carbons (Fsp3) is 0.917. The van der Waals surface area contributed by atoms with Gasteiger partial charge in [0.05, 0.1) is 0 Å². The van der Waals surface area contributed by atoms with Gasteiger partial charge in [0.25, 0.3) is 0 Å². The first-order valence-electron chi connectivity index (χ1n) is 6.46. The summed E-state index contributed by atoms with van der Waals surface area (Å²) in [4.78, 5) is 13.2. The minimum absolute atomic E-state index is 0.214. The van der Waals surface area contributed by atoms with Gasteiger partial charge in [-0.3, -0.25) is 4.79 Å². The van der Waals surface area contributed by atoms with Crippen LogP contribution in [0.1, 0.15) is 39.0 Å². The van der Waals surface area contributed by atoms with E-state index >= 15 is 0 Å². The van der Waals surface area contributed by atoms with Gasteiger partial charge >= 0.3 is 0 Å². The highest BCUT2D eigenvalue weighted by molar-refractivity contribution is 5.73. The highest BCUT2D eigenvalue weighted by Crippen LogP contribution is 2.11. The molecule has 4 nitrogen and oxygen atoms in total. The van der Waals surface area contributed by atoms with Crippen LogP contribution >= 0.6 is 0 Å². The average Bonchev–Trinajstić information content (AvgIpc) is 2.44. The Morgan fingerprint density at radius 2 is 2.25 bits per heavy atom. The number of amides is 1. The minimum atomic E-state index is -0.214. The van der Waals surface area contributed by atoms with Crippen LogP contribution in [0.25, 0.3) is 0 Å². The summed E-state index contributed by atoms with van der Waals surface area (Å²) in [5, 5.41) is 3.43. The normalized spacial score (nSPS) is 22.9. The molecule has 0 aromatic carbocycles. The van der Waals surface area contributed by atoms with Crippen molar-refractivity contribution in [1.82, 2.24) is 10.2 Å². The molecule has 1 aliphatic heterocycles. The fourth-order valence-electron chi connectivity index (χ4n) is 2.30. The first kappa shape index (κ1) is 13.5. The van der Waals surface area contributed by atoms with Crippen molar-refractivity contribution < 1.29 is 4.79 Å². The Morgan fingerprint density at radius 3 is 2.94 bits per heavy atom. The summed E-state index contributed by atoms with van der Waals surface area (Å²) in [7, 11) is 0. The topological polar surface area (TPSA) is 58.4 Å². The Labute approximate surface area is 98.6 Å². The average molecular weight is 227 g/mol. The highest BCUT2D eigenvalue weighted by atomic mass is 16.1. The molecular weight excluding hydrogens is 202 g/mol. The van der Waals surface area contributed by atoms with E-state index in [2.05, 4.69) is 17.1 Å². The standard InChI is InChI=1S/C12H25N3O/c1-2-8-15-9-3-4-11(6-10-15)14-7-5-12(13)16/h11,14H,2-10H2,1H3,(H2,13,16). The highest BCUT2D eigenvalue weighted by Gasteiger charge is 2.15. The summed E-state index contributed by atoms with van der Waals surface area (Å²) < 4.78 is 0. The first-order chi connectivity index (χ1) is 7.72. The lowest BCUT2D eigenvalue weighted by atomic mass is 10.1. The maximum absolute atomic E-state index is 10.6. The van der Waals surface area contributed by atoms with Crippen LogP contribution in [0.15, 0.2) is 0 Å². The second-order valence-electron chi connectivity index (χ2n) is 4.64. The molecule has 0 saturated carbocycles. The van der Waals surface area contributed by atoms with Crippen LogP contribution in [0.4, 0.5) is 0 Å². The Bertz CT molecular complexity index is 208. The molecule has 1 aliphatic rings. The van der Waals surface area contributed by atoms with Crippen molar-refractivity contribution in [3.63, 3.8) is 0 Å². The van der Waals surface area contributed by atoms with Crippen molar-refractivity contribution >= 4 is 5.91 Å². The van der Waals surface area contributed by atoms with Gasteiger partial charge in [-0.1, -0.05) is 6.92 Å². The molecule has 1 saturated heterocycles. The Morgan fingerprint density at radius 1 is 1.44 bits per heavy atom. The van der Waals surface area contributed by atoms with Crippen LogP contribution < -0.4 is 11.1 Å². The number of carbonyl (C=O) groups excluding carboxylic acids is 1. The molecule has 1 unspecified atom stereocenters. The van der Waals surface area contributed by atoms with E-state index in [4.69, 9.17) is 5.73 Å². The van der Waals surface area contributed by atoms with Gasteiger partial charge in [0.2, 0.25) is 5.91 Å². The number of likely N-dealkylation sites (tertiary alicyclic amines) is 1. The van der Waals surface area contributed by atoms with E-state index in [1.807, 2.05) is 0 Å². The molecule has 1 fully saturated rings. The van der Waals surface area contributed by atoms with Crippen molar-refractivity contribution in [2.45, 2.75) is 45.1 Å². The third-order valence-corrected chi connectivity index (χ3v) is 3.16. The zero-order valence-electron chi connectivity index (χ0n) is 10.4. The fourth-order valence-corrected chi connectivity index (χ4v) is 2.30. The predicted molar refractivity (Wildman–Crippen MR) is 66.2 cm³/mol. The molecule has 0 aromatic heterocycles. The summed E-state index contributed by atoms with van der Waals surface area (Å²) >= 11 is 0. The number of carbonyl (C=O) groups is 1. The predicted octanol–water partition coefficient (Wildman–Crippen LogP) is 0.716. The van der Waals surface area contributed by atoms with Crippen molar-refractivity contribution in [3.8, 4) is 0 Å². The zero-order valence-corrected chi connectivity index (χ0v) is 10.4. The van der Waals surface area contributed by atoms with Crippen LogP contribution in [0.3, 0.4) is 0 Å². The van der Waals surface area contributed by atoms with Crippen LogP contribution in [0.2, 0.25) is 0 Å². The summed E-state index contributed by atoms with van der Waals surface area (Å²) in [5.74, 6) is -0.214. The van der Waals surface area contributed by atoms with Crippen LogP contribution in [-0.2, 0) is 4.79 Å².